The molecule has 35 heavy (non-hydrogen) atoms. The minimum atomic E-state index is -2.50. The van der Waals surface area contributed by atoms with Gasteiger partial charge in [-0.05, 0) is 32.0 Å². The summed E-state index contributed by atoms with van der Waals surface area (Å²) >= 11 is 0. The third kappa shape index (κ3) is 6.89. The molecule has 0 aromatic carbocycles. The van der Waals surface area contributed by atoms with Crippen LogP contribution in [0.4, 0.5) is 0 Å². The molecule has 1 aliphatic heterocycles. The number of hydrogen-bond donors (Lipinski definition) is 2. The third-order valence-electron chi connectivity index (χ3n) is 6.59. The van der Waals surface area contributed by atoms with Gasteiger partial charge in [-0.3, -0.25) is 19.1 Å². The molecule has 11 nitrogen and oxygen atoms in total. The number of carbonyl (C=O) groups excluding carboxylic acids is 1. The largest absolute Gasteiger partial charge is 0.466 e. The average Bonchev–Trinajstić information content (AvgIpc) is 3.00. The number of ether oxygens (including phenoxy) is 4. The van der Waals surface area contributed by atoms with Crippen molar-refractivity contribution in [3.8, 4) is 0 Å². The van der Waals surface area contributed by atoms with Crippen LogP contribution in [0.25, 0.3) is 0 Å². The van der Waals surface area contributed by atoms with Crippen molar-refractivity contribution in [2.45, 2.75) is 89.8 Å². The molecule has 0 amide bonds. The monoisotopic (exact) mass is 516 g/mol. The van der Waals surface area contributed by atoms with E-state index in [1.807, 2.05) is 13.1 Å². The van der Waals surface area contributed by atoms with Crippen molar-refractivity contribution in [3.05, 3.63) is 32.6 Å². The number of aromatic amines is 1. The summed E-state index contributed by atoms with van der Waals surface area (Å²) in [6.45, 7) is 14.1. The van der Waals surface area contributed by atoms with E-state index in [2.05, 4.69) is 25.8 Å². The van der Waals surface area contributed by atoms with E-state index in [1.54, 1.807) is 13.8 Å². The van der Waals surface area contributed by atoms with Crippen molar-refractivity contribution in [1.82, 2.24) is 9.55 Å². The first kappa shape index (κ1) is 29.4. The normalized spacial score (nSPS) is 25.1. The summed E-state index contributed by atoms with van der Waals surface area (Å²) < 4.78 is 30.1. The lowest BCUT2D eigenvalue weighted by atomic mass is 10.0. The molecule has 4 atom stereocenters. The van der Waals surface area contributed by atoms with Gasteiger partial charge in [-0.1, -0.05) is 20.8 Å². The first-order valence-corrected chi connectivity index (χ1v) is 14.7. The van der Waals surface area contributed by atoms with Crippen molar-refractivity contribution >= 4 is 14.3 Å². The first-order valence-electron chi connectivity index (χ1n) is 11.8. The highest BCUT2D eigenvalue weighted by atomic mass is 28.4. The molecular weight excluding hydrogens is 476 g/mol. The fourth-order valence-electron chi connectivity index (χ4n) is 3.55. The summed E-state index contributed by atoms with van der Waals surface area (Å²) in [7, 11) is -0.967. The van der Waals surface area contributed by atoms with Crippen molar-refractivity contribution in [3.63, 3.8) is 0 Å². The molecule has 2 heterocycles. The molecule has 1 aliphatic rings. The zero-order valence-corrected chi connectivity index (χ0v) is 23.0. The molecule has 0 saturated carbocycles. The van der Waals surface area contributed by atoms with Crippen LogP contribution in [0.3, 0.4) is 0 Å². The highest BCUT2D eigenvalue weighted by Crippen LogP contribution is 2.46. The van der Waals surface area contributed by atoms with Gasteiger partial charge in [0.15, 0.2) is 20.3 Å². The number of carbonyl (C=O) groups is 1. The minimum absolute atomic E-state index is 0.126. The standard InChI is InChI=1S/C23H40N2O9Si/c1-9-31-16(26)10-11-23(29)18(34-35(7,8)22(3,4)5)17(32-13-12-30-6)20(33-23)25-14-15(2)19(27)24-21(25)28/h14,17-18,20,29H,9-13H2,1-8H3,(H,24,27,28)/t17?,18?,20-,23+/m1/s1. The molecule has 1 aromatic heterocycles. The van der Waals surface area contributed by atoms with E-state index in [4.69, 9.17) is 23.4 Å². The Kier molecular flexibility index (Phi) is 9.64. The third-order valence-corrected chi connectivity index (χ3v) is 11.0. The highest BCUT2D eigenvalue weighted by Gasteiger charge is 2.59. The van der Waals surface area contributed by atoms with Gasteiger partial charge in [-0.25, -0.2) is 4.79 Å². The van der Waals surface area contributed by atoms with Crippen LogP contribution in [0.1, 0.15) is 52.3 Å². The second-order valence-corrected chi connectivity index (χ2v) is 15.0. The maximum atomic E-state index is 12.7. The molecule has 0 aliphatic carbocycles. The van der Waals surface area contributed by atoms with Gasteiger partial charge in [0, 0.05) is 25.3 Å². The van der Waals surface area contributed by atoms with Crippen molar-refractivity contribution in [1.29, 1.82) is 0 Å². The highest BCUT2D eigenvalue weighted by molar-refractivity contribution is 6.74. The van der Waals surface area contributed by atoms with Crippen molar-refractivity contribution in [2.24, 2.45) is 0 Å². The van der Waals surface area contributed by atoms with Crippen LogP contribution < -0.4 is 11.2 Å². The number of rotatable bonds is 11. The number of aryl methyl sites for hydroxylation is 1. The van der Waals surface area contributed by atoms with E-state index in [-0.39, 0.29) is 43.3 Å². The van der Waals surface area contributed by atoms with Gasteiger partial charge < -0.3 is 28.5 Å². The van der Waals surface area contributed by atoms with Crippen LogP contribution >= 0.6 is 0 Å². The average molecular weight is 517 g/mol. The van der Waals surface area contributed by atoms with Gasteiger partial charge >= 0.3 is 11.7 Å². The minimum Gasteiger partial charge on any atom is -0.466 e. The predicted octanol–water partition coefficient (Wildman–Crippen LogP) is 1.83. The lowest BCUT2D eigenvalue weighted by molar-refractivity contribution is -0.240. The molecule has 0 spiro atoms. The Morgan fingerprint density at radius 2 is 1.94 bits per heavy atom. The summed E-state index contributed by atoms with van der Waals surface area (Å²) in [4.78, 5) is 39.0. The maximum absolute atomic E-state index is 12.7. The molecular formula is C23H40N2O9Si. The van der Waals surface area contributed by atoms with Crippen molar-refractivity contribution < 1.29 is 33.3 Å². The Labute approximate surface area is 206 Å². The van der Waals surface area contributed by atoms with Crippen LogP contribution in [0.15, 0.2) is 15.8 Å². The molecule has 1 fully saturated rings. The second kappa shape index (κ2) is 11.5. The maximum Gasteiger partial charge on any atom is 0.330 e. The van der Waals surface area contributed by atoms with Gasteiger partial charge in [0.25, 0.3) is 5.56 Å². The van der Waals surface area contributed by atoms with Crippen LogP contribution in [-0.2, 0) is 28.2 Å². The first-order chi connectivity index (χ1) is 16.2. The fourth-order valence-corrected chi connectivity index (χ4v) is 4.85. The van der Waals surface area contributed by atoms with E-state index in [0.717, 1.165) is 0 Å². The van der Waals surface area contributed by atoms with Gasteiger partial charge in [-0.2, -0.15) is 0 Å². The Hall–Kier alpha value is -1.83. The SMILES string of the molecule is CCOC(=O)CC[C@]1(O)O[C@@H](n2cc(C)c(=O)[nH]c2=O)C(OCCOC)C1O[Si](C)(C)C(C)(C)C. The Bertz CT molecular complexity index is 984. The fraction of sp³-hybridized carbons (Fsp3) is 0.783. The van der Waals surface area contributed by atoms with Crippen molar-refractivity contribution in [2.75, 3.05) is 26.9 Å². The van der Waals surface area contributed by atoms with Crippen LogP contribution in [-0.4, -0.2) is 73.9 Å². The summed E-state index contributed by atoms with van der Waals surface area (Å²) in [6.07, 6.45) is -1.99. The van der Waals surface area contributed by atoms with E-state index in [1.165, 1.54) is 17.9 Å². The van der Waals surface area contributed by atoms with Gasteiger partial charge in [0.1, 0.15) is 12.2 Å². The number of hydrogen-bond acceptors (Lipinski definition) is 9. The Morgan fingerprint density at radius 1 is 1.29 bits per heavy atom. The van der Waals surface area contributed by atoms with E-state index >= 15 is 0 Å². The topological polar surface area (TPSA) is 138 Å². The molecule has 200 valence electrons. The Balaban J connectivity index is 2.57. The number of aromatic nitrogens is 2. The zero-order valence-electron chi connectivity index (χ0n) is 22.0. The lowest BCUT2D eigenvalue weighted by Gasteiger charge is -2.42. The van der Waals surface area contributed by atoms with Gasteiger partial charge in [0.2, 0.25) is 0 Å². The van der Waals surface area contributed by atoms with E-state index in [9.17, 15) is 19.5 Å². The summed E-state index contributed by atoms with van der Waals surface area (Å²) in [6, 6.07) is 0. The smallest absolute Gasteiger partial charge is 0.330 e. The molecule has 1 aromatic rings. The predicted molar refractivity (Wildman–Crippen MR) is 131 cm³/mol. The molecule has 0 radical (unpaired) electrons. The summed E-state index contributed by atoms with van der Waals surface area (Å²) in [5.74, 6) is -2.46. The molecule has 2 unspecified atom stereocenters. The number of nitrogens with zero attached hydrogens (tertiary/aromatic N) is 1. The molecule has 0 bridgehead atoms. The second-order valence-electron chi connectivity index (χ2n) is 10.3. The number of nitrogens with one attached hydrogen (secondary N) is 1. The van der Waals surface area contributed by atoms with Crippen LogP contribution in [0.2, 0.25) is 18.1 Å². The molecule has 1 saturated heterocycles. The van der Waals surface area contributed by atoms with E-state index < -0.39 is 49.8 Å². The number of esters is 1. The number of methoxy groups -OCH3 is 1. The quantitative estimate of drug-likeness (QED) is 0.256. The molecule has 2 rings (SSSR count). The van der Waals surface area contributed by atoms with Crippen LogP contribution in [0, 0.1) is 6.92 Å². The Morgan fingerprint density at radius 3 is 2.51 bits per heavy atom. The summed E-state index contributed by atoms with van der Waals surface area (Å²) in [5.41, 5.74) is -0.952. The summed E-state index contributed by atoms with van der Waals surface area (Å²) in [5, 5.41) is 11.5. The molecule has 2 N–H and O–H groups in total. The number of aliphatic hydroxyl groups is 1. The van der Waals surface area contributed by atoms with Gasteiger partial charge in [0.05, 0.1) is 26.2 Å². The molecule has 12 heteroatoms. The van der Waals surface area contributed by atoms with Crippen LogP contribution in [0.5, 0.6) is 0 Å². The number of H-pyrrole nitrogens is 1. The zero-order chi connectivity index (χ0) is 26.6. The van der Waals surface area contributed by atoms with E-state index in [0.29, 0.717) is 0 Å². The van der Waals surface area contributed by atoms with Gasteiger partial charge in [-0.15, -0.1) is 0 Å². The lowest BCUT2D eigenvalue weighted by Crippen LogP contribution is -2.54.